The lowest BCUT2D eigenvalue weighted by Gasteiger charge is -2.25. The number of nitrogens with zero attached hydrogens (tertiary/aromatic N) is 4. The molecule has 4 aromatic rings. The lowest BCUT2D eigenvalue weighted by molar-refractivity contribution is 0.313. The highest BCUT2D eigenvalue weighted by Gasteiger charge is 2.27. The molecule has 0 aliphatic carbocycles. The van der Waals surface area contributed by atoms with Gasteiger partial charge in [-0.15, -0.1) is 10.2 Å². The van der Waals surface area contributed by atoms with E-state index in [1.165, 1.54) is 17.2 Å². The molecule has 0 saturated heterocycles. The summed E-state index contributed by atoms with van der Waals surface area (Å²) in [4.78, 5) is 5.44. The third-order valence-corrected chi connectivity index (χ3v) is 6.23. The highest BCUT2D eigenvalue weighted by Crippen LogP contribution is 2.45. The van der Waals surface area contributed by atoms with Crippen molar-refractivity contribution in [3.05, 3.63) is 52.8 Å². The molecule has 3 heterocycles. The first-order valence-electron chi connectivity index (χ1n) is 11.1. The number of rotatable bonds is 4. The molecule has 1 aliphatic rings. The van der Waals surface area contributed by atoms with Gasteiger partial charge in [0.25, 0.3) is 0 Å². The van der Waals surface area contributed by atoms with Gasteiger partial charge in [0.15, 0.2) is 17.3 Å². The van der Waals surface area contributed by atoms with E-state index in [9.17, 15) is 10.2 Å². The lowest BCUT2D eigenvalue weighted by atomic mass is 9.91. The molecule has 0 amide bonds. The summed E-state index contributed by atoms with van der Waals surface area (Å²) in [5.41, 5.74) is 5.96. The van der Waals surface area contributed by atoms with Crippen LogP contribution in [0.5, 0.6) is 11.5 Å². The minimum absolute atomic E-state index is 0.0521. The monoisotopic (exact) mass is 445 g/mol. The first-order valence-corrected chi connectivity index (χ1v) is 11.1. The van der Waals surface area contributed by atoms with Crippen LogP contribution >= 0.6 is 0 Å². The van der Waals surface area contributed by atoms with Crippen LogP contribution in [0.2, 0.25) is 0 Å². The number of fused-ring (bicyclic) bond motifs is 1. The van der Waals surface area contributed by atoms with Crippen molar-refractivity contribution in [3.63, 3.8) is 0 Å². The molecule has 0 atom stereocenters. The molecule has 0 bridgehead atoms. The molecule has 0 fully saturated rings. The van der Waals surface area contributed by atoms with Crippen LogP contribution in [0.15, 0.2) is 34.9 Å². The summed E-state index contributed by atoms with van der Waals surface area (Å²) < 4.78 is 5.83. The molecular formula is C25H27N5O3. The smallest absolute Gasteiger partial charge is 0.184 e. The highest BCUT2D eigenvalue weighted by molar-refractivity contribution is 5.91. The fourth-order valence-electron chi connectivity index (χ4n) is 4.44. The van der Waals surface area contributed by atoms with E-state index in [2.05, 4.69) is 50.5 Å². The number of benzene rings is 2. The van der Waals surface area contributed by atoms with E-state index in [1.807, 2.05) is 20.8 Å². The zero-order chi connectivity index (χ0) is 23.3. The van der Waals surface area contributed by atoms with E-state index in [-0.39, 0.29) is 17.4 Å². The van der Waals surface area contributed by atoms with E-state index in [0.29, 0.717) is 28.7 Å². The average molecular weight is 446 g/mol. The molecular weight excluding hydrogens is 418 g/mol. The van der Waals surface area contributed by atoms with Gasteiger partial charge in [-0.1, -0.05) is 37.2 Å². The summed E-state index contributed by atoms with van der Waals surface area (Å²) in [6.07, 6.45) is 0.957. The van der Waals surface area contributed by atoms with Crippen molar-refractivity contribution in [2.75, 3.05) is 13.6 Å². The minimum atomic E-state index is -0.0748. The Bertz CT molecular complexity index is 1340. The second kappa shape index (κ2) is 8.04. The van der Waals surface area contributed by atoms with E-state index in [0.717, 1.165) is 36.2 Å². The van der Waals surface area contributed by atoms with Gasteiger partial charge in [-0.3, -0.25) is 0 Å². The number of aryl methyl sites for hydroxylation is 1. The Morgan fingerprint density at radius 2 is 1.88 bits per heavy atom. The molecule has 170 valence electrons. The normalized spacial score (nSPS) is 14.1. The van der Waals surface area contributed by atoms with Crippen LogP contribution in [0.1, 0.15) is 42.3 Å². The maximum absolute atomic E-state index is 10.7. The number of hydrogen-bond acceptors (Lipinski definition) is 7. The summed E-state index contributed by atoms with van der Waals surface area (Å²) in [6.45, 7) is 7.71. The van der Waals surface area contributed by atoms with Crippen molar-refractivity contribution in [1.29, 1.82) is 0 Å². The second-order valence-electron chi connectivity index (χ2n) is 9.05. The van der Waals surface area contributed by atoms with Crippen molar-refractivity contribution >= 4 is 0 Å². The second-order valence-corrected chi connectivity index (χ2v) is 9.05. The molecule has 0 unspecified atom stereocenters. The molecule has 33 heavy (non-hydrogen) atoms. The van der Waals surface area contributed by atoms with Gasteiger partial charge in [-0.2, -0.15) is 0 Å². The molecule has 0 radical (unpaired) electrons. The molecule has 3 N–H and O–H groups in total. The Labute approximate surface area is 191 Å². The summed E-state index contributed by atoms with van der Waals surface area (Å²) in [6, 6.07) is 9.50. The quantitative estimate of drug-likeness (QED) is 0.420. The number of H-pyrrole nitrogens is 1. The number of likely N-dealkylation sites (N-methyl/N-ethyl adjacent to an activating group) is 1. The summed E-state index contributed by atoms with van der Waals surface area (Å²) in [7, 11) is 2.12. The molecule has 2 aromatic heterocycles. The first kappa shape index (κ1) is 21.2. The Kier molecular flexibility index (Phi) is 5.17. The third kappa shape index (κ3) is 3.76. The molecule has 0 spiro atoms. The number of aromatic hydroxyl groups is 2. The number of phenolic OH excluding ortho intramolecular Hbond substituents is 2. The Hall–Kier alpha value is -3.65. The van der Waals surface area contributed by atoms with E-state index < -0.39 is 0 Å². The third-order valence-electron chi connectivity index (χ3n) is 6.23. The number of hydrogen-bond donors (Lipinski definition) is 3. The largest absolute Gasteiger partial charge is 0.508 e. The van der Waals surface area contributed by atoms with Gasteiger partial charge in [-0.05, 0) is 54.6 Å². The number of aromatic amines is 1. The highest BCUT2D eigenvalue weighted by atomic mass is 16.5. The number of phenols is 2. The fourth-order valence-corrected chi connectivity index (χ4v) is 4.44. The van der Waals surface area contributed by atoms with E-state index in [1.54, 1.807) is 6.07 Å². The van der Waals surface area contributed by atoms with Crippen molar-refractivity contribution < 1.29 is 14.7 Å². The Balaban J connectivity index is 1.73. The molecule has 8 nitrogen and oxygen atoms in total. The number of aromatic nitrogens is 4. The van der Waals surface area contributed by atoms with Gasteiger partial charge < -0.3 is 24.6 Å². The van der Waals surface area contributed by atoms with Crippen molar-refractivity contribution in [3.8, 4) is 45.5 Å². The van der Waals surface area contributed by atoms with Crippen LogP contribution < -0.4 is 0 Å². The number of nitrogens with one attached hydrogen (secondary N) is 1. The SMILES string of the molecule is Cc1nnc(-c2noc(-c3cc(C(C)C)c(O)cc3O)c2-c2ccc3c(c2)CCN(C)C3)[nH]1. The fraction of sp³-hybridized carbons (Fsp3) is 0.320. The Morgan fingerprint density at radius 3 is 2.61 bits per heavy atom. The predicted octanol–water partition coefficient (Wildman–Crippen LogP) is 4.62. The summed E-state index contributed by atoms with van der Waals surface area (Å²) in [5, 5.41) is 33.7. The van der Waals surface area contributed by atoms with Gasteiger partial charge in [0.2, 0.25) is 0 Å². The maximum Gasteiger partial charge on any atom is 0.184 e. The van der Waals surface area contributed by atoms with Gasteiger partial charge in [0, 0.05) is 19.2 Å². The predicted molar refractivity (Wildman–Crippen MR) is 125 cm³/mol. The Morgan fingerprint density at radius 1 is 1.06 bits per heavy atom. The molecule has 1 aliphatic heterocycles. The minimum Gasteiger partial charge on any atom is -0.508 e. The van der Waals surface area contributed by atoms with Crippen molar-refractivity contribution in [2.45, 2.75) is 39.7 Å². The lowest BCUT2D eigenvalue weighted by Crippen LogP contribution is -2.26. The molecule has 5 rings (SSSR count). The first-order chi connectivity index (χ1) is 15.8. The molecule has 2 aromatic carbocycles. The topological polar surface area (TPSA) is 111 Å². The summed E-state index contributed by atoms with van der Waals surface area (Å²) in [5.74, 6) is 1.63. The van der Waals surface area contributed by atoms with Crippen molar-refractivity contribution in [2.24, 2.45) is 0 Å². The van der Waals surface area contributed by atoms with Crippen LogP contribution in [-0.4, -0.2) is 49.0 Å². The maximum atomic E-state index is 10.7. The van der Waals surface area contributed by atoms with Crippen LogP contribution in [-0.2, 0) is 13.0 Å². The van der Waals surface area contributed by atoms with E-state index in [4.69, 9.17) is 4.52 Å². The standard InChI is InChI=1S/C25H27N5O3/c1-13(2)18-10-19(21(32)11-20(18)31)24-22(23(29-33-24)25-26-14(3)27-28-25)16-5-6-17-12-30(4)8-7-15(17)9-16/h5-6,9-11,13,31-32H,7-8,12H2,1-4H3,(H,26,27,28). The van der Waals surface area contributed by atoms with Gasteiger partial charge in [0.05, 0.1) is 11.1 Å². The van der Waals surface area contributed by atoms with Crippen LogP contribution in [0, 0.1) is 6.92 Å². The summed E-state index contributed by atoms with van der Waals surface area (Å²) >= 11 is 0. The zero-order valence-corrected chi connectivity index (χ0v) is 19.2. The zero-order valence-electron chi connectivity index (χ0n) is 19.2. The van der Waals surface area contributed by atoms with E-state index >= 15 is 0 Å². The molecule has 8 heteroatoms. The van der Waals surface area contributed by atoms with Crippen LogP contribution in [0.3, 0.4) is 0 Å². The van der Waals surface area contributed by atoms with Crippen LogP contribution in [0.4, 0.5) is 0 Å². The van der Waals surface area contributed by atoms with Gasteiger partial charge in [-0.25, -0.2) is 0 Å². The molecule has 0 saturated carbocycles. The van der Waals surface area contributed by atoms with Gasteiger partial charge in [0.1, 0.15) is 17.3 Å². The average Bonchev–Trinajstić information content (AvgIpc) is 3.39. The van der Waals surface area contributed by atoms with Crippen LogP contribution in [0.25, 0.3) is 34.0 Å². The van der Waals surface area contributed by atoms with Crippen molar-refractivity contribution in [1.82, 2.24) is 25.2 Å². The van der Waals surface area contributed by atoms with Gasteiger partial charge >= 0.3 is 0 Å².